The standard InChI is InChI=1S/C15H32OSi/c1-2-3-4-5-6-7-8-9-10-11-12-13-14-15-16-17/h2H,1,3-15H2,17H3. The molecule has 102 valence electrons. The zero-order chi connectivity index (χ0) is 12.6. The molecule has 0 heterocycles. The van der Waals surface area contributed by atoms with Gasteiger partial charge in [0.05, 0.1) is 0 Å². The molecule has 0 amide bonds. The molecule has 0 rings (SSSR count). The van der Waals surface area contributed by atoms with Crippen LogP contribution < -0.4 is 0 Å². The van der Waals surface area contributed by atoms with Gasteiger partial charge in [0.1, 0.15) is 10.5 Å². The molecule has 2 heteroatoms. The number of rotatable bonds is 14. The van der Waals surface area contributed by atoms with Crippen LogP contribution in [0.3, 0.4) is 0 Å². The number of hydrogen-bond acceptors (Lipinski definition) is 1. The van der Waals surface area contributed by atoms with Crippen LogP contribution in [0.15, 0.2) is 12.7 Å². The molecule has 0 aromatic carbocycles. The van der Waals surface area contributed by atoms with Crippen LogP contribution in [0, 0.1) is 0 Å². The Bertz CT molecular complexity index is 148. The highest BCUT2D eigenvalue weighted by atomic mass is 28.2. The second-order valence-corrected chi connectivity index (χ2v) is 5.54. The van der Waals surface area contributed by atoms with Crippen LogP contribution in [0.5, 0.6) is 0 Å². The summed E-state index contributed by atoms with van der Waals surface area (Å²) in [5.41, 5.74) is 0. The Morgan fingerprint density at radius 3 is 1.53 bits per heavy atom. The van der Waals surface area contributed by atoms with Crippen LogP contribution in [-0.4, -0.2) is 17.1 Å². The van der Waals surface area contributed by atoms with E-state index in [0.717, 1.165) is 17.1 Å². The largest absolute Gasteiger partial charge is 0.428 e. The summed E-state index contributed by atoms with van der Waals surface area (Å²) in [4.78, 5) is 0. The minimum Gasteiger partial charge on any atom is -0.428 e. The maximum Gasteiger partial charge on any atom is 0.145 e. The van der Waals surface area contributed by atoms with E-state index in [2.05, 4.69) is 6.58 Å². The Hall–Kier alpha value is -0.0831. The predicted molar refractivity (Wildman–Crippen MR) is 81.5 cm³/mol. The first-order valence-electron chi connectivity index (χ1n) is 7.51. The second kappa shape index (κ2) is 15.9. The Morgan fingerprint density at radius 1 is 0.706 bits per heavy atom. The smallest absolute Gasteiger partial charge is 0.145 e. The van der Waals surface area contributed by atoms with Crippen LogP contribution in [0.2, 0.25) is 0 Å². The van der Waals surface area contributed by atoms with Gasteiger partial charge in [0.2, 0.25) is 0 Å². The fourth-order valence-electron chi connectivity index (χ4n) is 2.13. The lowest BCUT2D eigenvalue weighted by atomic mass is 10.1. The van der Waals surface area contributed by atoms with Crippen LogP contribution >= 0.6 is 0 Å². The Balaban J connectivity index is 2.87. The van der Waals surface area contributed by atoms with Gasteiger partial charge in [-0.25, -0.2) is 0 Å². The highest BCUT2D eigenvalue weighted by Gasteiger charge is 1.93. The van der Waals surface area contributed by atoms with Gasteiger partial charge >= 0.3 is 0 Å². The quantitative estimate of drug-likeness (QED) is 0.258. The normalized spacial score (nSPS) is 10.8. The summed E-state index contributed by atoms with van der Waals surface area (Å²) < 4.78 is 5.17. The van der Waals surface area contributed by atoms with Crippen molar-refractivity contribution < 1.29 is 4.43 Å². The summed E-state index contributed by atoms with van der Waals surface area (Å²) >= 11 is 0. The van der Waals surface area contributed by atoms with E-state index in [9.17, 15) is 0 Å². The molecule has 0 aromatic heterocycles. The van der Waals surface area contributed by atoms with Crippen molar-refractivity contribution in [2.24, 2.45) is 0 Å². The van der Waals surface area contributed by atoms with Crippen molar-refractivity contribution in [3.05, 3.63) is 12.7 Å². The molecule has 0 aromatic rings. The summed E-state index contributed by atoms with van der Waals surface area (Å²) in [5, 5.41) is 0. The van der Waals surface area contributed by atoms with Crippen LogP contribution in [0.1, 0.15) is 77.0 Å². The Morgan fingerprint density at radius 2 is 1.12 bits per heavy atom. The minimum absolute atomic E-state index is 0.905. The average molecular weight is 257 g/mol. The van der Waals surface area contributed by atoms with Gasteiger partial charge < -0.3 is 4.43 Å². The molecule has 0 saturated carbocycles. The van der Waals surface area contributed by atoms with Crippen LogP contribution in [-0.2, 0) is 4.43 Å². The molecule has 0 fully saturated rings. The van der Waals surface area contributed by atoms with Crippen LogP contribution in [0.25, 0.3) is 0 Å². The maximum atomic E-state index is 5.17. The van der Waals surface area contributed by atoms with E-state index in [1.54, 1.807) is 0 Å². The monoisotopic (exact) mass is 256 g/mol. The molecular formula is C15H32OSi. The van der Waals surface area contributed by atoms with Gasteiger partial charge in [-0.15, -0.1) is 6.58 Å². The van der Waals surface area contributed by atoms with Crippen molar-refractivity contribution in [1.29, 1.82) is 0 Å². The third kappa shape index (κ3) is 15.9. The van der Waals surface area contributed by atoms with Gasteiger partial charge in [0, 0.05) is 6.61 Å². The molecule has 0 saturated heterocycles. The lowest BCUT2D eigenvalue weighted by molar-refractivity contribution is 0.332. The van der Waals surface area contributed by atoms with E-state index < -0.39 is 0 Å². The molecule has 0 spiro atoms. The first-order chi connectivity index (χ1) is 8.41. The third-order valence-electron chi connectivity index (χ3n) is 3.26. The molecule has 0 aliphatic rings. The van der Waals surface area contributed by atoms with Gasteiger partial charge in [-0.2, -0.15) is 0 Å². The zero-order valence-corrected chi connectivity index (χ0v) is 13.9. The fraction of sp³-hybridized carbons (Fsp3) is 0.867. The van der Waals surface area contributed by atoms with Gasteiger partial charge in [-0.3, -0.25) is 0 Å². The molecule has 0 unspecified atom stereocenters. The van der Waals surface area contributed by atoms with E-state index in [1.165, 1.54) is 77.0 Å². The molecule has 0 atom stereocenters. The highest BCUT2D eigenvalue weighted by molar-refractivity contribution is 5.97. The first kappa shape index (κ1) is 16.9. The van der Waals surface area contributed by atoms with Crippen molar-refractivity contribution >= 4 is 10.5 Å². The molecule has 0 aliphatic heterocycles. The number of unbranched alkanes of at least 4 members (excludes halogenated alkanes) is 11. The van der Waals surface area contributed by atoms with E-state index in [0.29, 0.717) is 0 Å². The van der Waals surface area contributed by atoms with Gasteiger partial charge in [-0.1, -0.05) is 63.9 Å². The van der Waals surface area contributed by atoms with E-state index in [4.69, 9.17) is 4.43 Å². The molecule has 17 heavy (non-hydrogen) atoms. The van der Waals surface area contributed by atoms with E-state index in [-0.39, 0.29) is 0 Å². The number of hydrogen-bond donors (Lipinski definition) is 0. The molecule has 0 aliphatic carbocycles. The Kier molecular flexibility index (Phi) is 15.8. The van der Waals surface area contributed by atoms with Gasteiger partial charge in [-0.05, 0) is 19.3 Å². The predicted octanol–water partition coefficient (Wildman–Crippen LogP) is 4.15. The molecular weight excluding hydrogens is 224 g/mol. The van der Waals surface area contributed by atoms with E-state index in [1.807, 2.05) is 6.08 Å². The fourth-order valence-corrected chi connectivity index (χ4v) is 2.41. The lowest BCUT2D eigenvalue weighted by Gasteiger charge is -2.02. The van der Waals surface area contributed by atoms with Crippen molar-refractivity contribution in [3.63, 3.8) is 0 Å². The summed E-state index contributed by atoms with van der Waals surface area (Å²) in [6.07, 6.45) is 18.6. The maximum absolute atomic E-state index is 5.17. The molecule has 0 N–H and O–H groups in total. The van der Waals surface area contributed by atoms with Crippen molar-refractivity contribution in [1.82, 2.24) is 0 Å². The van der Waals surface area contributed by atoms with Crippen molar-refractivity contribution in [2.45, 2.75) is 77.0 Å². The third-order valence-corrected chi connectivity index (χ3v) is 3.66. The molecule has 1 nitrogen and oxygen atoms in total. The molecule has 0 bridgehead atoms. The van der Waals surface area contributed by atoms with Gasteiger partial charge in [0.25, 0.3) is 0 Å². The lowest BCUT2D eigenvalue weighted by Crippen LogP contribution is -1.89. The average Bonchev–Trinajstić information content (AvgIpc) is 2.35. The topological polar surface area (TPSA) is 9.23 Å². The van der Waals surface area contributed by atoms with Crippen molar-refractivity contribution in [2.75, 3.05) is 6.61 Å². The highest BCUT2D eigenvalue weighted by Crippen LogP contribution is 2.11. The van der Waals surface area contributed by atoms with Gasteiger partial charge in [0.15, 0.2) is 0 Å². The Labute approximate surface area is 112 Å². The summed E-state index contributed by atoms with van der Waals surface area (Å²) in [7, 11) is 0.905. The number of allylic oxidation sites excluding steroid dienone is 1. The zero-order valence-electron chi connectivity index (χ0n) is 11.9. The minimum atomic E-state index is 0.905. The summed E-state index contributed by atoms with van der Waals surface area (Å²) in [5.74, 6) is 0. The van der Waals surface area contributed by atoms with E-state index >= 15 is 0 Å². The van der Waals surface area contributed by atoms with Crippen LogP contribution in [0.4, 0.5) is 0 Å². The molecule has 0 radical (unpaired) electrons. The van der Waals surface area contributed by atoms with Crippen molar-refractivity contribution in [3.8, 4) is 0 Å². The SMILES string of the molecule is C=CCCCCCCCCCCCCCO[SiH3]. The first-order valence-corrected chi connectivity index (χ1v) is 8.33. The summed E-state index contributed by atoms with van der Waals surface area (Å²) in [6.45, 7) is 4.75. The second-order valence-electron chi connectivity index (χ2n) is 4.96. The summed E-state index contributed by atoms with van der Waals surface area (Å²) in [6, 6.07) is 0.